The number of hydrogen-bond acceptors (Lipinski definition) is 2. The van der Waals surface area contributed by atoms with Gasteiger partial charge in [-0.15, -0.1) is 0 Å². The highest BCUT2D eigenvalue weighted by Crippen LogP contribution is 2.44. The summed E-state index contributed by atoms with van der Waals surface area (Å²) in [6.45, 7) is 3.26. The van der Waals surface area contributed by atoms with Crippen LogP contribution in [0, 0.1) is 11.8 Å². The fraction of sp³-hybridized carbons (Fsp3) is 0.429. The van der Waals surface area contributed by atoms with Crippen LogP contribution in [0.4, 0.5) is 8.78 Å². The van der Waals surface area contributed by atoms with Gasteiger partial charge >= 0.3 is 0 Å². The SMILES string of the molecule is CC(C)C1(c2ccnc(Cl)n2)C=CC(F)=CC1CF. The first-order valence-electron chi connectivity index (χ1n) is 6.12. The molecule has 0 N–H and O–H groups in total. The molecule has 0 fully saturated rings. The van der Waals surface area contributed by atoms with Crippen molar-refractivity contribution in [2.75, 3.05) is 6.67 Å². The summed E-state index contributed by atoms with van der Waals surface area (Å²) in [5.74, 6) is -0.970. The summed E-state index contributed by atoms with van der Waals surface area (Å²) in [7, 11) is 0. The number of hydrogen-bond donors (Lipinski definition) is 0. The minimum atomic E-state index is -0.697. The van der Waals surface area contributed by atoms with Crippen LogP contribution in [0.2, 0.25) is 5.28 Å². The molecule has 1 aromatic rings. The molecule has 2 atom stereocenters. The van der Waals surface area contributed by atoms with Crippen LogP contribution in [0.1, 0.15) is 19.5 Å². The van der Waals surface area contributed by atoms with Gasteiger partial charge in [-0.05, 0) is 35.7 Å². The molecule has 5 heteroatoms. The molecular formula is C14H15ClF2N2. The molecule has 0 bridgehead atoms. The molecule has 0 aromatic carbocycles. The highest BCUT2D eigenvalue weighted by Gasteiger charge is 2.43. The number of nitrogens with zero attached hydrogens (tertiary/aromatic N) is 2. The van der Waals surface area contributed by atoms with E-state index in [4.69, 9.17) is 11.6 Å². The number of alkyl halides is 1. The van der Waals surface area contributed by atoms with E-state index in [-0.39, 0.29) is 11.2 Å². The van der Waals surface area contributed by atoms with Gasteiger partial charge in [-0.25, -0.2) is 14.4 Å². The summed E-state index contributed by atoms with van der Waals surface area (Å²) < 4.78 is 26.7. The van der Waals surface area contributed by atoms with Gasteiger partial charge in [0.25, 0.3) is 0 Å². The normalized spacial score (nSPS) is 26.6. The molecule has 0 saturated carbocycles. The van der Waals surface area contributed by atoms with E-state index in [1.807, 2.05) is 13.8 Å². The van der Waals surface area contributed by atoms with Crippen LogP contribution >= 0.6 is 11.6 Å². The van der Waals surface area contributed by atoms with E-state index in [1.165, 1.54) is 18.3 Å². The Kier molecular flexibility index (Phi) is 3.99. The van der Waals surface area contributed by atoms with Crippen LogP contribution in [0.5, 0.6) is 0 Å². The van der Waals surface area contributed by atoms with Crippen molar-refractivity contribution in [3.05, 3.63) is 47.3 Å². The summed E-state index contributed by atoms with van der Waals surface area (Å²) in [5.41, 5.74) is -0.0816. The first kappa shape index (κ1) is 14.1. The zero-order valence-corrected chi connectivity index (χ0v) is 11.5. The van der Waals surface area contributed by atoms with E-state index in [0.29, 0.717) is 5.69 Å². The predicted octanol–water partition coefficient (Wildman–Crippen LogP) is 4.03. The van der Waals surface area contributed by atoms with Gasteiger partial charge in [0.2, 0.25) is 5.28 Å². The standard InChI is InChI=1S/C14H15ClF2N2/c1-9(2)14(12-4-6-18-13(15)19-12)5-3-11(17)7-10(14)8-16/h3-7,9-10H,8H2,1-2H3. The Morgan fingerprint density at radius 3 is 2.79 bits per heavy atom. The highest BCUT2D eigenvalue weighted by atomic mass is 35.5. The number of allylic oxidation sites excluding steroid dienone is 4. The van der Waals surface area contributed by atoms with E-state index in [0.717, 1.165) is 0 Å². The summed E-state index contributed by atoms with van der Waals surface area (Å²) in [4.78, 5) is 8.04. The van der Waals surface area contributed by atoms with Crippen molar-refractivity contribution in [2.45, 2.75) is 19.3 Å². The molecule has 0 spiro atoms. The highest BCUT2D eigenvalue weighted by molar-refractivity contribution is 6.28. The Morgan fingerprint density at radius 2 is 2.21 bits per heavy atom. The van der Waals surface area contributed by atoms with Crippen LogP contribution < -0.4 is 0 Å². The zero-order valence-electron chi connectivity index (χ0n) is 10.8. The molecule has 1 heterocycles. The summed E-state index contributed by atoms with van der Waals surface area (Å²) >= 11 is 5.82. The van der Waals surface area contributed by atoms with E-state index in [9.17, 15) is 8.78 Å². The van der Waals surface area contributed by atoms with Crippen molar-refractivity contribution < 1.29 is 8.78 Å². The number of rotatable bonds is 3. The molecule has 102 valence electrons. The Balaban J connectivity index is 2.59. The fourth-order valence-electron chi connectivity index (χ4n) is 2.67. The van der Waals surface area contributed by atoms with Crippen molar-refractivity contribution in [3.8, 4) is 0 Å². The second kappa shape index (κ2) is 5.37. The minimum absolute atomic E-state index is 0.0415. The van der Waals surface area contributed by atoms with Gasteiger partial charge in [0, 0.05) is 17.5 Å². The molecule has 1 aliphatic carbocycles. The van der Waals surface area contributed by atoms with Gasteiger partial charge in [-0.3, -0.25) is 4.39 Å². The van der Waals surface area contributed by atoms with Crippen molar-refractivity contribution in [1.82, 2.24) is 9.97 Å². The summed E-state index contributed by atoms with van der Waals surface area (Å²) in [5, 5.41) is 0.110. The Labute approximate surface area is 116 Å². The van der Waals surface area contributed by atoms with Crippen molar-refractivity contribution in [3.63, 3.8) is 0 Å². The van der Waals surface area contributed by atoms with E-state index < -0.39 is 23.8 Å². The average Bonchev–Trinajstić information content (AvgIpc) is 2.38. The van der Waals surface area contributed by atoms with Gasteiger partial charge in [-0.1, -0.05) is 19.9 Å². The van der Waals surface area contributed by atoms with Crippen molar-refractivity contribution in [2.24, 2.45) is 11.8 Å². The van der Waals surface area contributed by atoms with Gasteiger partial charge < -0.3 is 0 Å². The van der Waals surface area contributed by atoms with Gasteiger partial charge in [0.1, 0.15) is 5.83 Å². The lowest BCUT2D eigenvalue weighted by Crippen LogP contribution is -2.41. The van der Waals surface area contributed by atoms with Gasteiger partial charge in [0.05, 0.1) is 12.4 Å². The lowest BCUT2D eigenvalue weighted by atomic mass is 9.64. The lowest BCUT2D eigenvalue weighted by Gasteiger charge is -2.40. The molecule has 0 radical (unpaired) electrons. The molecule has 2 rings (SSSR count). The molecule has 0 aliphatic heterocycles. The monoisotopic (exact) mass is 284 g/mol. The Bertz CT molecular complexity index is 528. The van der Waals surface area contributed by atoms with E-state index in [2.05, 4.69) is 9.97 Å². The molecular weight excluding hydrogens is 270 g/mol. The Hall–Kier alpha value is -1.29. The van der Waals surface area contributed by atoms with Crippen LogP contribution in [0.3, 0.4) is 0 Å². The average molecular weight is 285 g/mol. The predicted molar refractivity (Wildman–Crippen MR) is 71.4 cm³/mol. The van der Waals surface area contributed by atoms with E-state index in [1.54, 1.807) is 12.1 Å². The topological polar surface area (TPSA) is 25.8 Å². The lowest BCUT2D eigenvalue weighted by molar-refractivity contribution is 0.232. The van der Waals surface area contributed by atoms with Gasteiger partial charge in [-0.2, -0.15) is 0 Å². The van der Waals surface area contributed by atoms with Crippen molar-refractivity contribution >= 4 is 11.6 Å². The molecule has 2 nitrogen and oxygen atoms in total. The second-order valence-corrected chi connectivity index (χ2v) is 5.28. The summed E-state index contributed by atoms with van der Waals surface area (Å²) in [6.07, 6.45) is 5.90. The molecule has 0 amide bonds. The fourth-order valence-corrected chi connectivity index (χ4v) is 2.81. The first-order valence-corrected chi connectivity index (χ1v) is 6.50. The smallest absolute Gasteiger partial charge is 0.222 e. The maximum Gasteiger partial charge on any atom is 0.222 e. The number of aromatic nitrogens is 2. The maximum absolute atomic E-state index is 13.4. The largest absolute Gasteiger partial charge is 0.250 e. The first-order chi connectivity index (χ1) is 9.00. The third kappa shape index (κ3) is 2.41. The number of halogens is 3. The van der Waals surface area contributed by atoms with E-state index >= 15 is 0 Å². The maximum atomic E-state index is 13.4. The van der Waals surface area contributed by atoms with Crippen molar-refractivity contribution in [1.29, 1.82) is 0 Å². The van der Waals surface area contributed by atoms with Crippen LogP contribution in [-0.4, -0.2) is 16.6 Å². The summed E-state index contributed by atoms with van der Waals surface area (Å²) in [6, 6.07) is 1.70. The minimum Gasteiger partial charge on any atom is -0.250 e. The molecule has 19 heavy (non-hydrogen) atoms. The van der Waals surface area contributed by atoms with Crippen LogP contribution in [0.15, 0.2) is 36.3 Å². The quantitative estimate of drug-likeness (QED) is 0.783. The third-order valence-corrected chi connectivity index (χ3v) is 3.87. The molecule has 2 unspecified atom stereocenters. The second-order valence-electron chi connectivity index (χ2n) is 4.94. The third-order valence-electron chi connectivity index (χ3n) is 3.68. The molecule has 1 aliphatic rings. The van der Waals surface area contributed by atoms with Crippen LogP contribution in [0.25, 0.3) is 0 Å². The zero-order chi connectivity index (χ0) is 14.0. The van der Waals surface area contributed by atoms with Gasteiger partial charge in [0.15, 0.2) is 0 Å². The Morgan fingerprint density at radius 1 is 1.47 bits per heavy atom. The van der Waals surface area contributed by atoms with Crippen LogP contribution in [-0.2, 0) is 5.41 Å². The molecule has 1 aromatic heterocycles. The molecule has 0 saturated heterocycles.